The highest BCUT2D eigenvalue weighted by Gasteiger charge is 2.19. The quantitative estimate of drug-likeness (QED) is 0.927. The van der Waals surface area contributed by atoms with Crippen molar-refractivity contribution in [2.24, 2.45) is 0 Å². The maximum atomic E-state index is 5.72. The summed E-state index contributed by atoms with van der Waals surface area (Å²) in [4.78, 5) is 4.13. The van der Waals surface area contributed by atoms with Gasteiger partial charge in [-0.3, -0.25) is 0 Å². The molecule has 0 spiro atoms. The van der Waals surface area contributed by atoms with Crippen LogP contribution in [0.25, 0.3) is 0 Å². The average Bonchev–Trinajstić information content (AvgIpc) is 2.89. The number of benzene rings is 1. The Labute approximate surface area is 118 Å². The molecule has 0 bridgehead atoms. The summed E-state index contributed by atoms with van der Waals surface area (Å²) in [5.74, 6) is 2.00. The highest BCUT2D eigenvalue weighted by Crippen LogP contribution is 2.32. The lowest BCUT2D eigenvalue weighted by atomic mass is 9.87. The van der Waals surface area contributed by atoms with Gasteiger partial charge in [0.25, 0.3) is 5.89 Å². The second kappa shape index (κ2) is 5.63. The van der Waals surface area contributed by atoms with Gasteiger partial charge in [0, 0.05) is 6.04 Å². The van der Waals surface area contributed by atoms with Crippen molar-refractivity contribution in [2.75, 3.05) is 7.05 Å². The summed E-state index contributed by atoms with van der Waals surface area (Å²) in [5.41, 5.74) is 2.76. The van der Waals surface area contributed by atoms with Crippen LogP contribution in [0, 0.1) is 6.92 Å². The zero-order valence-electron chi connectivity index (χ0n) is 11.8. The number of rotatable bonds is 4. The molecule has 0 saturated carbocycles. The van der Waals surface area contributed by atoms with E-state index in [2.05, 4.69) is 27.6 Å². The van der Waals surface area contributed by atoms with Crippen LogP contribution in [0.15, 0.2) is 22.7 Å². The van der Waals surface area contributed by atoms with E-state index in [9.17, 15) is 0 Å². The Balaban J connectivity index is 1.72. The molecule has 5 nitrogen and oxygen atoms in total. The van der Waals surface area contributed by atoms with Gasteiger partial charge in [-0.2, -0.15) is 4.98 Å². The first kappa shape index (κ1) is 13.1. The Kier molecular flexibility index (Phi) is 3.69. The Morgan fingerprint density at radius 3 is 3.10 bits per heavy atom. The summed E-state index contributed by atoms with van der Waals surface area (Å²) in [7, 11) is 2.02. The van der Waals surface area contributed by atoms with Crippen LogP contribution in [-0.4, -0.2) is 17.2 Å². The molecule has 0 aliphatic heterocycles. The molecule has 106 valence electrons. The first-order valence-corrected chi connectivity index (χ1v) is 6.98. The molecule has 1 atom stereocenters. The van der Waals surface area contributed by atoms with Gasteiger partial charge in [0.1, 0.15) is 5.75 Å². The molecule has 1 unspecified atom stereocenters. The molecule has 0 saturated heterocycles. The number of hydrogen-bond donors (Lipinski definition) is 1. The van der Waals surface area contributed by atoms with Crippen LogP contribution in [0.4, 0.5) is 0 Å². The predicted molar refractivity (Wildman–Crippen MR) is 74.5 cm³/mol. The first-order valence-electron chi connectivity index (χ1n) is 6.98. The van der Waals surface area contributed by atoms with E-state index in [0.717, 1.165) is 12.2 Å². The third-order valence-electron chi connectivity index (χ3n) is 3.71. The van der Waals surface area contributed by atoms with Gasteiger partial charge in [-0.1, -0.05) is 11.2 Å². The van der Waals surface area contributed by atoms with Crippen LogP contribution in [0.1, 0.15) is 41.7 Å². The number of aromatic nitrogens is 2. The molecular weight excluding hydrogens is 254 g/mol. The highest BCUT2D eigenvalue weighted by molar-refractivity contribution is 5.39. The number of ether oxygens (including phenoxy) is 1. The van der Waals surface area contributed by atoms with Crippen LogP contribution >= 0.6 is 0 Å². The molecule has 2 aromatic rings. The summed E-state index contributed by atoms with van der Waals surface area (Å²) < 4.78 is 10.8. The van der Waals surface area contributed by atoms with Crippen LogP contribution in [-0.2, 0) is 13.0 Å². The van der Waals surface area contributed by atoms with Gasteiger partial charge in [-0.25, -0.2) is 0 Å². The summed E-state index contributed by atoms with van der Waals surface area (Å²) in [6.45, 7) is 2.11. The minimum absolute atomic E-state index is 0.315. The van der Waals surface area contributed by atoms with Crippen molar-refractivity contribution in [1.29, 1.82) is 0 Å². The van der Waals surface area contributed by atoms with E-state index in [0.29, 0.717) is 24.4 Å². The van der Waals surface area contributed by atoms with Crippen LogP contribution in [0.3, 0.4) is 0 Å². The van der Waals surface area contributed by atoms with Crippen molar-refractivity contribution in [1.82, 2.24) is 15.5 Å². The van der Waals surface area contributed by atoms with E-state index in [1.165, 1.54) is 24.0 Å². The normalized spacial score (nSPS) is 17.8. The fourth-order valence-electron chi connectivity index (χ4n) is 2.72. The number of aryl methyl sites for hydroxylation is 2. The maximum Gasteiger partial charge on any atom is 0.264 e. The maximum absolute atomic E-state index is 5.72. The lowest BCUT2D eigenvalue weighted by Crippen LogP contribution is -2.21. The number of nitrogens with one attached hydrogen (secondary N) is 1. The topological polar surface area (TPSA) is 60.2 Å². The van der Waals surface area contributed by atoms with E-state index >= 15 is 0 Å². The minimum atomic E-state index is 0.315. The number of hydrogen-bond acceptors (Lipinski definition) is 5. The Hall–Kier alpha value is -1.88. The third kappa shape index (κ3) is 2.67. The molecule has 1 aliphatic rings. The number of fused-ring (bicyclic) bond motifs is 1. The van der Waals surface area contributed by atoms with E-state index in [4.69, 9.17) is 9.26 Å². The molecule has 0 amide bonds. The highest BCUT2D eigenvalue weighted by atomic mass is 16.5. The van der Waals surface area contributed by atoms with Crippen molar-refractivity contribution >= 4 is 0 Å². The zero-order valence-corrected chi connectivity index (χ0v) is 11.8. The second-order valence-corrected chi connectivity index (χ2v) is 5.12. The SMILES string of the molecule is CNC1CCCc2cc(OCc3nc(C)no3)ccc21. The monoisotopic (exact) mass is 273 g/mol. The summed E-state index contributed by atoms with van der Waals surface area (Å²) in [6, 6.07) is 6.76. The molecule has 20 heavy (non-hydrogen) atoms. The Bertz CT molecular complexity index is 595. The lowest BCUT2D eigenvalue weighted by Gasteiger charge is -2.25. The van der Waals surface area contributed by atoms with E-state index in [1.807, 2.05) is 13.1 Å². The van der Waals surface area contributed by atoms with Crippen LogP contribution < -0.4 is 10.1 Å². The summed E-state index contributed by atoms with van der Waals surface area (Å²) >= 11 is 0. The molecule has 3 rings (SSSR count). The molecule has 0 fully saturated rings. The lowest BCUT2D eigenvalue weighted by molar-refractivity contribution is 0.242. The molecule has 5 heteroatoms. The Morgan fingerprint density at radius 1 is 1.45 bits per heavy atom. The van der Waals surface area contributed by atoms with Crippen molar-refractivity contribution in [2.45, 2.75) is 38.8 Å². The van der Waals surface area contributed by atoms with E-state index in [-0.39, 0.29) is 0 Å². The van der Waals surface area contributed by atoms with Gasteiger partial charge < -0.3 is 14.6 Å². The van der Waals surface area contributed by atoms with Gasteiger partial charge in [-0.15, -0.1) is 0 Å². The molecular formula is C15H19N3O2. The fourth-order valence-corrected chi connectivity index (χ4v) is 2.72. The third-order valence-corrected chi connectivity index (χ3v) is 3.71. The van der Waals surface area contributed by atoms with Gasteiger partial charge in [0.05, 0.1) is 0 Å². The van der Waals surface area contributed by atoms with Gasteiger partial charge >= 0.3 is 0 Å². The minimum Gasteiger partial charge on any atom is -0.484 e. The Morgan fingerprint density at radius 2 is 2.35 bits per heavy atom. The van der Waals surface area contributed by atoms with E-state index in [1.54, 1.807) is 6.92 Å². The number of nitrogens with zero attached hydrogens (tertiary/aromatic N) is 2. The van der Waals surface area contributed by atoms with Gasteiger partial charge in [0.2, 0.25) is 0 Å². The molecule has 1 aromatic carbocycles. The largest absolute Gasteiger partial charge is 0.484 e. The zero-order chi connectivity index (χ0) is 13.9. The predicted octanol–water partition coefficient (Wildman–Crippen LogP) is 2.55. The molecule has 1 N–H and O–H groups in total. The molecule has 1 aliphatic carbocycles. The fraction of sp³-hybridized carbons (Fsp3) is 0.467. The molecule has 0 radical (unpaired) electrons. The first-order chi connectivity index (χ1) is 9.76. The smallest absolute Gasteiger partial charge is 0.264 e. The second-order valence-electron chi connectivity index (χ2n) is 5.12. The molecule has 1 heterocycles. The standard InChI is InChI=1S/C15H19N3O2/c1-10-17-15(20-18-10)9-19-12-6-7-13-11(8-12)4-3-5-14(13)16-2/h6-8,14,16H,3-5,9H2,1-2H3. The van der Waals surface area contributed by atoms with E-state index < -0.39 is 0 Å². The van der Waals surface area contributed by atoms with Crippen LogP contribution in [0.2, 0.25) is 0 Å². The van der Waals surface area contributed by atoms with Crippen molar-refractivity contribution < 1.29 is 9.26 Å². The van der Waals surface area contributed by atoms with Crippen LogP contribution in [0.5, 0.6) is 5.75 Å². The van der Waals surface area contributed by atoms with Crippen molar-refractivity contribution in [3.05, 3.63) is 41.0 Å². The summed E-state index contributed by atoms with van der Waals surface area (Å²) in [5, 5.41) is 7.11. The van der Waals surface area contributed by atoms with Gasteiger partial charge in [0.15, 0.2) is 12.4 Å². The van der Waals surface area contributed by atoms with Crippen molar-refractivity contribution in [3.8, 4) is 5.75 Å². The van der Waals surface area contributed by atoms with Gasteiger partial charge in [-0.05, 0) is 56.5 Å². The summed E-state index contributed by atoms with van der Waals surface area (Å²) in [6.07, 6.45) is 3.53. The average molecular weight is 273 g/mol. The van der Waals surface area contributed by atoms with Crippen molar-refractivity contribution in [3.63, 3.8) is 0 Å². The molecule has 1 aromatic heterocycles.